The molecular formula is C15H14BrClFNO. The summed E-state index contributed by atoms with van der Waals surface area (Å²) in [6.07, 6.45) is 0.701. The molecule has 0 fully saturated rings. The van der Waals surface area contributed by atoms with E-state index in [1.807, 2.05) is 18.2 Å². The number of para-hydroxylation sites is 1. The van der Waals surface area contributed by atoms with Crippen LogP contribution < -0.4 is 10.5 Å². The third-order valence-corrected chi connectivity index (χ3v) is 3.78. The molecule has 0 aliphatic rings. The fourth-order valence-corrected chi connectivity index (χ4v) is 2.59. The van der Waals surface area contributed by atoms with Gasteiger partial charge in [0.2, 0.25) is 0 Å². The van der Waals surface area contributed by atoms with Crippen LogP contribution in [0.15, 0.2) is 40.9 Å². The van der Waals surface area contributed by atoms with E-state index in [2.05, 4.69) is 15.9 Å². The van der Waals surface area contributed by atoms with Crippen LogP contribution in [0.1, 0.15) is 11.1 Å². The number of halogens is 3. The molecule has 5 heteroatoms. The average molecular weight is 359 g/mol. The molecule has 0 bridgehead atoms. The van der Waals surface area contributed by atoms with Crippen LogP contribution in [-0.4, -0.2) is 6.54 Å². The van der Waals surface area contributed by atoms with Crippen LogP contribution in [0.4, 0.5) is 4.39 Å². The zero-order valence-corrected chi connectivity index (χ0v) is 13.0. The normalized spacial score (nSPS) is 10.6. The molecule has 2 rings (SSSR count). The van der Waals surface area contributed by atoms with Crippen LogP contribution in [-0.2, 0) is 13.0 Å². The summed E-state index contributed by atoms with van der Waals surface area (Å²) in [5.74, 6) is 0.249. The summed E-state index contributed by atoms with van der Waals surface area (Å²) in [7, 11) is 0. The summed E-state index contributed by atoms with van der Waals surface area (Å²) in [6, 6.07) is 10.6. The summed E-state index contributed by atoms with van der Waals surface area (Å²) in [6.45, 7) is 0.644. The average Bonchev–Trinajstić information content (AvgIpc) is 2.43. The van der Waals surface area contributed by atoms with E-state index in [0.29, 0.717) is 24.3 Å². The van der Waals surface area contributed by atoms with E-state index in [4.69, 9.17) is 22.1 Å². The van der Waals surface area contributed by atoms with Gasteiger partial charge in [0.05, 0.1) is 9.50 Å². The van der Waals surface area contributed by atoms with Gasteiger partial charge in [-0.05, 0) is 46.6 Å². The van der Waals surface area contributed by atoms with Gasteiger partial charge < -0.3 is 10.5 Å². The zero-order chi connectivity index (χ0) is 14.5. The Bertz CT molecular complexity index is 606. The summed E-state index contributed by atoms with van der Waals surface area (Å²) in [5.41, 5.74) is 7.00. The largest absolute Gasteiger partial charge is 0.487 e. The molecule has 2 nitrogen and oxygen atoms in total. The molecule has 0 saturated heterocycles. The molecule has 0 radical (unpaired) electrons. The van der Waals surface area contributed by atoms with E-state index < -0.39 is 5.82 Å². The van der Waals surface area contributed by atoms with Gasteiger partial charge in [-0.2, -0.15) is 0 Å². The molecule has 0 heterocycles. The van der Waals surface area contributed by atoms with Gasteiger partial charge >= 0.3 is 0 Å². The Morgan fingerprint density at radius 1 is 1.15 bits per heavy atom. The van der Waals surface area contributed by atoms with Crippen molar-refractivity contribution in [1.82, 2.24) is 0 Å². The van der Waals surface area contributed by atoms with Crippen molar-refractivity contribution in [3.05, 3.63) is 62.8 Å². The Morgan fingerprint density at radius 3 is 2.60 bits per heavy atom. The summed E-state index contributed by atoms with van der Waals surface area (Å²) >= 11 is 9.19. The molecule has 2 N–H and O–H groups in total. The minimum Gasteiger partial charge on any atom is -0.487 e. The molecule has 0 aliphatic carbocycles. The lowest BCUT2D eigenvalue weighted by atomic mass is 10.1. The Labute approximate surface area is 130 Å². The lowest BCUT2D eigenvalue weighted by Crippen LogP contribution is -2.06. The second-order valence-electron chi connectivity index (χ2n) is 4.27. The summed E-state index contributed by atoms with van der Waals surface area (Å²) in [4.78, 5) is 0. The minimum absolute atomic E-state index is 0.0976. The number of hydrogen-bond donors (Lipinski definition) is 1. The molecule has 0 spiro atoms. The Kier molecular flexibility index (Phi) is 5.40. The van der Waals surface area contributed by atoms with E-state index >= 15 is 0 Å². The highest BCUT2D eigenvalue weighted by molar-refractivity contribution is 9.10. The molecular weight excluding hydrogens is 345 g/mol. The zero-order valence-electron chi connectivity index (χ0n) is 10.7. The quantitative estimate of drug-likeness (QED) is 0.864. The van der Waals surface area contributed by atoms with Gasteiger partial charge in [0, 0.05) is 5.56 Å². The Hall–Kier alpha value is -1.10. The first-order chi connectivity index (χ1) is 9.63. The second-order valence-corrected chi connectivity index (χ2v) is 5.53. The van der Waals surface area contributed by atoms with Crippen LogP contribution >= 0.6 is 27.5 Å². The van der Waals surface area contributed by atoms with Crippen molar-refractivity contribution in [2.75, 3.05) is 6.54 Å². The van der Waals surface area contributed by atoms with E-state index in [9.17, 15) is 4.39 Å². The molecule has 0 aromatic heterocycles. The summed E-state index contributed by atoms with van der Waals surface area (Å²) < 4.78 is 20.4. The molecule has 2 aromatic carbocycles. The standard InChI is InChI=1S/C15H14BrClFNO/c16-12-5-1-3-10(7-8-19)15(12)20-9-11-4-2-6-13(17)14(11)18/h1-6H,7-9,19H2. The van der Waals surface area contributed by atoms with Gasteiger partial charge in [0.25, 0.3) is 0 Å². The van der Waals surface area contributed by atoms with Crippen molar-refractivity contribution in [2.24, 2.45) is 5.73 Å². The topological polar surface area (TPSA) is 35.2 Å². The smallest absolute Gasteiger partial charge is 0.148 e. The highest BCUT2D eigenvalue weighted by Crippen LogP contribution is 2.30. The predicted molar refractivity (Wildman–Crippen MR) is 82.6 cm³/mol. The van der Waals surface area contributed by atoms with Crippen molar-refractivity contribution in [3.8, 4) is 5.75 Å². The molecule has 0 amide bonds. The molecule has 0 aliphatic heterocycles. The van der Waals surface area contributed by atoms with Gasteiger partial charge in [0.15, 0.2) is 0 Å². The van der Waals surface area contributed by atoms with Crippen LogP contribution in [0.3, 0.4) is 0 Å². The van der Waals surface area contributed by atoms with Crippen molar-refractivity contribution < 1.29 is 9.13 Å². The first kappa shape index (κ1) is 15.3. The minimum atomic E-state index is -0.443. The van der Waals surface area contributed by atoms with Crippen molar-refractivity contribution in [2.45, 2.75) is 13.0 Å². The molecule has 2 aromatic rings. The van der Waals surface area contributed by atoms with Crippen LogP contribution in [0.25, 0.3) is 0 Å². The number of hydrogen-bond acceptors (Lipinski definition) is 2. The van der Waals surface area contributed by atoms with E-state index in [-0.39, 0.29) is 11.6 Å². The number of ether oxygens (including phenoxy) is 1. The van der Waals surface area contributed by atoms with Crippen LogP contribution in [0.5, 0.6) is 5.75 Å². The molecule has 20 heavy (non-hydrogen) atoms. The van der Waals surface area contributed by atoms with Crippen LogP contribution in [0.2, 0.25) is 5.02 Å². The highest BCUT2D eigenvalue weighted by atomic mass is 79.9. The maximum absolute atomic E-state index is 13.8. The SMILES string of the molecule is NCCc1cccc(Br)c1OCc1cccc(Cl)c1F. The Morgan fingerprint density at radius 2 is 1.85 bits per heavy atom. The molecule has 0 saturated carbocycles. The summed E-state index contributed by atoms with van der Waals surface area (Å²) in [5, 5.41) is 0.0976. The number of nitrogens with two attached hydrogens (primary N) is 1. The van der Waals surface area contributed by atoms with E-state index in [1.165, 1.54) is 6.07 Å². The number of rotatable bonds is 5. The van der Waals surface area contributed by atoms with Gasteiger partial charge in [0.1, 0.15) is 18.2 Å². The van der Waals surface area contributed by atoms with Gasteiger partial charge in [-0.3, -0.25) is 0 Å². The molecule has 0 unspecified atom stereocenters. The molecule has 106 valence electrons. The van der Waals surface area contributed by atoms with Crippen molar-refractivity contribution in [3.63, 3.8) is 0 Å². The van der Waals surface area contributed by atoms with Crippen molar-refractivity contribution >= 4 is 27.5 Å². The monoisotopic (exact) mass is 357 g/mol. The molecule has 0 atom stereocenters. The first-order valence-electron chi connectivity index (χ1n) is 6.16. The second kappa shape index (κ2) is 7.07. The number of benzene rings is 2. The Balaban J connectivity index is 2.20. The van der Waals surface area contributed by atoms with Gasteiger partial charge in [-0.15, -0.1) is 0 Å². The first-order valence-corrected chi connectivity index (χ1v) is 7.33. The fourth-order valence-electron chi connectivity index (χ4n) is 1.88. The maximum Gasteiger partial charge on any atom is 0.148 e. The highest BCUT2D eigenvalue weighted by Gasteiger charge is 2.11. The predicted octanol–water partition coefficient (Wildman–Crippen LogP) is 4.32. The third-order valence-electron chi connectivity index (χ3n) is 2.87. The van der Waals surface area contributed by atoms with Crippen molar-refractivity contribution in [1.29, 1.82) is 0 Å². The lowest BCUT2D eigenvalue weighted by Gasteiger charge is -2.13. The van der Waals surface area contributed by atoms with Gasteiger partial charge in [-0.1, -0.05) is 35.9 Å². The van der Waals surface area contributed by atoms with Crippen LogP contribution in [0, 0.1) is 5.82 Å². The lowest BCUT2D eigenvalue weighted by molar-refractivity contribution is 0.295. The van der Waals surface area contributed by atoms with E-state index in [1.54, 1.807) is 12.1 Å². The fraction of sp³-hybridized carbons (Fsp3) is 0.200. The third kappa shape index (κ3) is 3.51. The van der Waals surface area contributed by atoms with Gasteiger partial charge in [-0.25, -0.2) is 4.39 Å². The van der Waals surface area contributed by atoms with E-state index in [0.717, 1.165) is 10.0 Å². The maximum atomic E-state index is 13.8.